The third-order valence-corrected chi connectivity index (χ3v) is 6.06. The second kappa shape index (κ2) is 5.76. The molecule has 0 saturated carbocycles. The summed E-state index contributed by atoms with van der Waals surface area (Å²) in [6, 6.07) is 3.34. The molecular formula is C10H7BrClN3O3S2. The predicted octanol–water partition coefficient (Wildman–Crippen LogP) is 2.79. The second-order valence-electron chi connectivity index (χ2n) is 3.62. The lowest BCUT2D eigenvalue weighted by Gasteiger charge is -2.02. The molecular weight excluding hydrogens is 390 g/mol. The van der Waals surface area contributed by atoms with Gasteiger partial charge in [-0.25, -0.2) is 18.4 Å². The molecule has 106 valence electrons. The summed E-state index contributed by atoms with van der Waals surface area (Å²) < 4.78 is 23.0. The number of nitrogens with one attached hydrogen (secondary N) is 1. The van der Waals surface area contributed by atoms with Crippen molar-refractivity contribution in [3.63, 3.8) is 0 Å². The minimum Gasteiger partial charge on any atom is -0.296 e. The molecule has 0 unspecified atom stereocenters. The monoisotopic (exact) mass is 395 g/mol. The maximum absolute atomic E-state index is 12.0. The Morgan fingerprint density at radius 2 is 2.20 bits per heavy atom. The van der Waals surface area contributed by atoms with Crippen molar-refractivity contribution in [2.45, 2.75) is 11.1 Å². The number of hydrogen-bond acceptors (Lipinski definition) is 6. The largest absolute Gasteiger partial charge is 0.296 e. The van der Waals surface area contributed by atoms with Gasteiger partial charge in [0.05, 0.1) is 5.69 Å². The van der Waals surface area contributed by atoms with Gasteiger partial charge in [-0.05, 0) is 35.0 Å². The fourth-order valence-electron chi connectivity index (χ4n) is 1.37. The van der Waals surface area contributed by atoms with Crippen molar-refractivity contribution in [1.29, 1.82) is 0 Å². The van der Waals surface area contributed by atoms with Crippen molar-refractivity contribution in [2.75, 3.05) is 5.32 Å². The fraction of sp³-hybridized carbons (Fsp3) is 0.100. The highest BCUT2D eigenvalue weighted by atomic mass is 79.9. The van der Waals surface area contributed by atoms with Gasteiger partial charge in [-0.15, -0.1) is 0 Å². The van der Waals surface area contributed by atoms with Gasteiger partial charge in [0, 0.05) is 21.4 Å². The van der Waals surface area contributed by atoms with E-state index in [2.05, 4.69) is 31.2 Å². The van der Waals surface area contributed by atoms with Gasteiger partial charge in [0.25, 0.3) is 15.0 Å². The Morgan fingerprint density at radius 3 is 2.75 bits per heavy atom. The number of aromatic nitrogens is 2. The molecule has 2 aromatic heterocycles. The highest BCUT2D eigenvalue weighted by Crippen LogP contribution is 2.30. The van der Waals surface area contributed by atoms with Crippen LogP contribution in [0.4, 0.5) is 5.13 Å². The summed E-state index contributed by atoms with van der Waals surface area (Å²) in [7, 11) is 1.40. The molecule has 6 nitrogen and oxygen atoms in total. The average Bonchev–Trinajstić information content (AvgIpc) is 2.70. The summed E-state index contributed by atoms with van der Waals surface area (Å²) in [5, 5.41) is 2.63. The molecule has 0 radical (unpaired) electrons. The molecule has 0 bridgehead atoms. The number of pyridine rings is 1. The SMILES string of the molecule is Cc1nc(NC(=O)c2ncccc2Br)sc1S(=O)(=O)Cl. The van der Waals surface area contributed by atoms with Crippen LogP contribution in [0.2, 0.25) is 0 Å². The molecule has 20 heavy (non-hydrogen) atoms. The molecule has 1 N–H and O–H groups in total. The van der Waals surface area contributed by atoms with Crippen molar-refractivity contribution >= 4 is 58.0 Å². The molecule has 0 aromatic carbocycles. The van der Waals surface area contributed by atoms with E-state index in [0.717, 1.165) is 11.3 Å². The van der Waals surface area contributed by atoms with E-state index in [4.69, 9.17) is 10.7 Å². The first-order valence-electron chi connectivity index (χ1n) is 5.13. The second-order valence-corrected chi connectivity index (χ2v) is 8.23. The first-order chi connectivity index (χ1) is 9.29. The number of anilines is 1. The van der Waals surface area contributed by atoms with E-state index < -0.39 is 15.0 Å². The van der Waals surface area contributed by atoms with Gasteiger partial charge in [-0.2, -0.15) is 0 Å². The van der Waals surface area contributed by atoms with E-state index in [1.807, 2.05) is 0 Å². The van der Waals surface area contributed by atoms with Crippen LogP contribution in [-0.4, -0.2) is 24.3 Å². The quantitative estimate of drug-likeness (QED) is 0.806. The molecule has 2 heterocycles. The number of halogens is 2. The molecule has 0 fully saturated rings. The van der Waals surface area contributed by atoms with E-state index >= 15 is 0 Å². The normalized spacial score (nSPS) is 11.3. The minimum atomic E-state index is -3.87. The van der Waals surface area contributed by atoms with Gasteiger partial charge >= 0.3 is 0 Å². The van der Waals surface area contributed by atoms with Crippen LogP contribution in [0.3, 0.4) is 0 Å². The number of aryl methyl sites for hydroxylation is 1. The molecule has 2 aromatic rings. The highest BCUT2D eigenvalue weighted by Gasteiger charge is 2.21. The van der Waals surface area contributed by atoms with Crippen LogP contribution >= 0.6 is 37.9 Å². The molecule has 1 amide bonds. The van der Waals surface area contributed by atoms with Crippen molar-refractivity contribution in [3.05, 3.63) is 34.2 Å². The van der Waals surface area contributed by atoms with Crippen LogP contribution in [-0.2, 0) is 9.05 Å². The van der Waals surface area contributed by atoms with Crippen LogP contribution in [0.5, 0.6) is 0 Å². The first kappa shape index (κ1) is 15.4. The molecule has 0 saturated heterocycles. The summed E-state index contributed by atoms with van der Waals surface area (Å²) in [5.41, 5.74) is 0.413. The van der Waals surface area contributed by atoms with Gasteiger partial charge < -0.3 is 0 Å². The van der Waals surface area contributed by atoms with E-state index in [1.54, 1.807) is 12.1 Å². The summed E-state index contributed by atoms with van der Waals surface area (Å²) >= 11 is 3.99. The van der Waals surface area contributed by atoms with Crippen molar-refractivity contribution in [2.24, 2.45) is 0 Å². The van der Waals surface area contributed by atoms with E-state index in [9.17, 15) is 13.2 Å². The van der Waals surface area contributed by atoms with Gasteiger partial charge in [0.2, 0.25) is 0 Å². The Hall–Kier alpha value is -1.03. The van der Waals surface area contributed by atoms with Gasteiger partial charge in [0.1, 0.15) is 5.69 Å². The molecule has 0 spiro atoms. The topological polar surface area (TPSA) is 89.0 Å². The van der Waals surface area contributed by atoms with Crippen LogP contribution in [0.1, 0.15) is 16.2 Å². The molecule has 0 aliphatic carbocycles. The number of carbonyl (C=O) groups excluding carboxylic acids is 1. The van der Waals surface area contributed by atoms with Crippen LogP contribution in [0.15, 0.2) is 27.0 Å². The highest BCUT2D eigenvalue weighted by molar-refractivity contribution is 9.10. The third-order valence-electron chi connectivity index (χ3n) is 2.17. The first-order valence-corrected chi connectivity index (χ1v) is 9.05. The predicted molar refractivity (Wildman–Crippen MR) is 79.8 cm³/mol. The fourth-order valence-corrected chi connectivity index (χ4v) is 4.15. The number of amides is 1. The van der Waals surface area contributed by atoms with E-state index in [0.29, 0.717) is 4.47 Å². The van der Waals surface area contributed by atoms with Crippen LogP contribution in [0.25, 0.3) is 0 Å². The Morgan fingerprint density at radius 1 is 1.50 bits per heavy atom. The Balaban J connectivity index is 2.28. The third kappa shape index (κ3) is 3.35. The maximum Gasteiger partial charge on any atom is 0.277 e. The molecule has 0 aliphatic rings. The van der Waals surface area contributed by atoms with Gasteiger partial charge in [-0.3, -0.25) is 10.1 Å². The number of carbonyl (C=O) groups is 1. The summed E-state index contributed by atoms with van der Waals surface area (Å²) in [5.74, 6) is -0.496. The van der Waals surface area contributed by atoms with E-state index in [-0.39, 0.29) is 20.7 Å². The lowest BCUT2D eigenvalue weighted by molar-refractivity contribution is 0.102. The number of thiazole rings is 1. The zero-order valence-corrected chi connectivity index (χ0v) is 13.9. The van der Waals surface area contributed by atoms with Gasteiger partial charge in [0.15, 0.2) is 9.34 Å². The van der Waals surface area contributed by atoms with Crippen molar-refractivity contribution < 1.29 is 13.2 Å². The summed E-state index contributed by atoms with van der Waals surface area (Å²) in [4.78, 5) is 19.9. The Bertz CT molecular complexity index is 776. The standard InChI is InChI=1S/C10H7BrClN3O3S2/c1-5-9(20(12,17)18)19-10(14-5)15-8(16)7-6(11)3-2-4-13-7/h2-4H,1H3,(H,14,15,16). The van der Waals surface area contributed by atoms with Crippen LogP contribution < -0.4 is 5.32 Å². The minimum absolute atomic E-state index is 0.0884. The lowest BCUT2D eigenvalue weighted by atomic mass is 10.3. The molecule has 10 heteroatoms. The summed E-state index contributed by atoms with van der Waals surface area (Å²) in [6.07, 6.45) is 1.47. The average molecular weight is 397 g/mol. The Labute approximate surface area is 131 Å². The number of hydrogen-bond donors (Lipinski definition) is 1. The molecule has 0 atom stereocenters. The van der Waals surface area contributed by atoms with Crippen molar-refractivity contribution in [3.8, 4) is 0 Å². The van der Waals surface area contributed by atoms with Crippen LogP contribution in [0, 0.1) is 6.92 Å². The number of rotatable bonds is 3. The van der Waals surface area contributed by atoms with Gasteiger partial charge in [-0.1, -0.05) is 11.3 Å². The Kier molecular flexibility index (Phi) is 4.43. The molecule has 2 rings (SSSR count). The maximum atomic E-state index is 12.0. The molecule has 0 aliphatic heterocycles. The summed E-state index contributed by atoms with van der Waals surface area (Å²) in [6.45, 7) is 1.50. The zero-order valence-electron chi connectivity index (χ0n) is 9.92. The zero-order chi connectivity index (χ0) is 14.9. The smallest absolute Gasteiger partial charge is 0.277 e. The lowest BCUT2D eigenvalue weighted by Crippen LogP contribution is -2.14. The number of nitrogens with zero attached hydrogens (tertiary/aromatic N) is 2. The van der Waals surface area contributed by atoms with E-state index in [1.165, 1.54) is 13.1 Å². The van der Waals surface area contributed by atoms with Crippen molar-refractivity contribution in [1.82, 2.24) is 9.97 Å².